The predicted molar refractivity (Wildman–Crippen MR) is 507 cm³/mol. The maximum absolute atomic E-state index is 2.49. The molecular weight excluding hydrogens is 1460 g/mol. The molecule has 0 aliphatic carbocycles. The Morgan fingerprint density at radius 3 is 0.792 bits per heavy atom. The molecule has 27 aromatic rings. The van der Waals surface area contributed by atoms with Crippen molar-refractivity contribution < 1.29 is 0 Å². The Kier molecular flexibility index (Phi) is 14.7. The maximum atomic E-state index is 2.49. The summed E-state index contributed by atoms with van der Waals surface area (Å²) in [6.45, 7) is 0. The van der Waals surface area contributed by atoms with Gasteiger partial charge in [0.25, 0.3) is 0 Å². The van der Waals surface area contributed by atoms with Gasteiger partial charge in [0.2, 0.25) is 0 Å². The Hall–Kier alpha value is -15.8. The van der Waals surface area contributed by atoms with Gasteiger partial charge < -0.3 is 41.1 Å². The van der Waals surface area contributed by atoms with E-state index in [1.807, 2.05) is 0 Å². The van der Waals surface area contributed by atoms with Crippen molar-refractivity contribution >= 4 is 196 Å². The fourth-order valence-corrected chi connectivity index (χ4v) is 20.9. The average Bonchev–Trinajstić information content (AvgIpc) is 1.58. The maximum Gasteiger partial charge on any atom is 0.0783 e. The first kappa shape index (κ1) is 67.5. The molecule has 0 saturated heterocycles. The van der Waals surface area contributed by atoms with Crippen LogP contribution >= 0.6 is 0 Å². The molecule has 0 aliphatic heterocycles. The second-order valence-electron chi connectivity index (χ2n) is 32.0. The van der Waals surface area contributed by atoms with E-state index >= 15 is 0 Å². The fraction of sp³-hybridized carbons (Fsp3) is 0.0270. The summed E-state index contributed by atoms with van der Waals surface area (Å²) in [4.78, 5) is 0. The van der Waals surface area contributed by atoms with Gasteiger partial charge in [0.15, 0.2) is 0 Å². The van der Waals surface area contributed by atoms with Crippen LogP contribution in [-0.2, 0) is 21.1 Å². The van der Waals surface area contributed by atoms with Crippen LogP contribution in [0.3, 0.4) is 0 Å². The first-order valence-corrected chi connectivity index (χ1v) is 41.3. The molecule has 9 aromatic heterocycles. The van der Waals surface area contributed by atoms with E-state index in [1.54, 1.807) is 0 Å². The van der Waals surface area contributed by atoms with Crippen LogP contribution in [-0.4, -0.2) is 41.1 Å². The van der Waals surface area contributed by atoms with Crippen molar-refractivity contribution in [3.05, 3.63) is 400 Å². The third-order valence-corrected chi connectivity index (χ3v) is 25.9. The molecule has 0 N–H and O–H groups in total. The molecular formula is C111H75N9. The van der Waals surface area contributed by atoms with E-state index in [-0.39, 0.29) is 0 Å². The zero-order valence-electron chi connectivity index (χ0n) is 66.1. The van der Waals surface area contributed by atoms with Crippen molar-refractivity contribution in [1.82, 2.24) is 41.1 Å². The number of aromatic nitrogens is 9. The molecule has 0 spiro atoms. The molecule has 564 valence electrons. The van der Waals surface area contributed by atoms with Gasteiger partial charge >= 0.3 is 0 Å². The van der Waals surface area contributed by atoms with E-state index in [1.165, 1.54) is 230 Å². The lowest BCUT2D eigenvalue weighted by Gasteiger charge is -2.16. The molecule has 0 unspecified atom stereocenters. The van der Waals surface area contributed by atoms with Crippen molar-refractivity contribution in [3.8, 4) is 34.1 Å². The molecule has 9 heterocycles. The average molecular weight is 1530 g/mol. The van der Waals surface area contributed by atoms with Crippen LogP contribution in [0.5, 0.6) is 0 Å². The van der Waals surface area contributed by atoms with E-state index in [0.29, 0.717) is 0 Å². The highest BCUT2D eigenvalue weighted by Crippen LogP contribution is 2.47. The third-order valence-electron chi connectivity index (χ3n) is 25.9. The summed E-state index contributed by atoms with van der Waals surface area (Å²) in [5.74, 6) is 0. The van der Waals surface area contributed by atoms with Crippen molar-refractivity contribution in [2.24, 2.45) is 21.1 Å². The molecule has 27 rings (SSSR count). The fourth-order valence-electron chi connectivity index (χ4n) is 20.9. The predicted octanol–water partition coefficient (Wildman–Crippen LogP) is 28.6. The summed E-state index contributed by atoms with van der Waals surface area (Å²) in [6, 6.07) is 146. The largest absolute Gasteiger partial charge is 0.344 e. The lowest BCUT2D eigenvalue weighted by molar-refractivity contribution is 1.00. The molecule has 0 bridgehead atoms. The number of para-hydroxylation sites is 15. The van der Waals surface area contributed by atoms with Gasteiger partial charge in [-0.3, -0.25) is 0 Å². The van der Waals surface area contributed by atoms with Crippen LogP contribution < -0.4 is 0 Å². The van der Waals surface area contributed by atoms with Crippen LogP contribution in [0.4, 0.5) is 0 Å². The van der Waals surface area contributed by atoms with Crippen molar-refractivity contribution in [3.63, 3.8) is 0 Å². The Balaban J connectivity index is 0.0000000997. The Labute approximate surface area is 688 Å². The number of hydrogen-bond acceptors (Lipinski definition) is 0. The Morgan fingerprint density at radius 2 is 0.375 bits per heavy atom. The van der Waals surface area contributed by atoms with Gasteiger partial charge in [-0.15, -0.1) is 0 Å². The summed E-state index contributed by atoms with van der Waals surface area (Å²) in [7, 11) is 6.58. The second kappa shape index (κ2) is 26.1. The topological polar surface area (TPSA) is 44.4 Å². The van der Waals surface area contributed by atoms with Gasteiger partial charge in [-0.05, 0) is 133 Å². The summed E-state index contributed by atoms with van der Waals surface area (Å²) in [6.07, 6.45) is 0. The van der Waals surface area contributed by atoms with Gasteiger partial charge in [-0.2, -0.15) is 0 Å². The molecule has 0 aliphatic rings. The second-order valence-corrected chi connectivity index (χ2v) is 32.0. The number of fused-ring (bicyclic) bond motifs is 27. The first-order valence-electron chi connectivity index (χ1n) is 41.3. The molecule has 0 atom stereocenters. The van der Waals surface area contributed by atoms with Crippen molar-refractivity contribution in [2.75, 3.05) is 0 Å². The minimum absolute atomic E-state index is 1.18. The Bertz CT molecular complexity index is 8730. The summed E-state index contributed by atoms with van der Waals surface area (Å²) in [5.41, 5.74) is 29.3. The van der Waals surface area contributed by atoms with Crippen LogP contribution in [0.2, 0.25) is 0 Å². The van der Waals surface area contributed by atoms with Gasteiger partial charge in [-0.25, -0.2) is 0 Å². The molecule has 0 fully saturated rings. The quantitative estimate of drug-likeness (QED) is 0.159. The number of benzene rings is 18. The SMILES string of the molecule is Cn1c2ccc(-n3c4ccccc4c4ccccc43)cc2c2ccc(-n3c4ccccc4c4ccccc43)cc21.Cn1c2cccc(-n3c4ccccc4c4ccccc43)c2c2cccc(-n3c4ccccc4c4ccccc43)c21.Cn1c2ccccc2c2cccc(-n3c4ccccc4c4cccc(-n5c6ccccc6c6ccccc65)c43)c21. The van der Waals surface area contributed by atoms with Gasteiger partial charge in [0.05, 0.1) is 111 Å². The molecule has 9 nitrogen and oxygen atoms in total. The molecule has 0 amide bonds. The summed E-state index contributed by atoms with van der Waals surface area (Å²) >= 11 is 0. The van der Waals surface area contributed by atoms with Crippen LogP contribution in [0, 0.1) is 0 Å². The molecule has 18 aromatic carbocycles. The number of hydrogen-bond donors (Lipinski definition) is 0. The van der Waals surface area contributed by atoms with Gasteiger partial charge in [-0.1, -0.05) is 267 Å². The molecule has 120 heavy (non-hydrogen) atoms. The molecule has 0 saturated carbocycles. The number of nitrogens with zero attached hydrogens (tertiary/aromatic N) is 9. The monoisotopic (exact) mass is 1530 g/mol. The van der Waals surface area contributed by atoms with E-state index in [0.717, 1.165) is 0 Å². The molecule has 9 heteroatoms. The number of rotatable bonds is 6. The highest BCUT2D eigenvalue weighted by atomic mass is 15.1. The van der Waals surface area contributed by atoms with Crippen LogP contribution in [0.1, 0.15) is 0 Å². The lowest BCUT2D eigenvalue weighted by atomic mass is 10.1. The third kappa shape index (κ3) is 9.59. The van der Waals surface area contributed by atoms with E-state index < -0.39 is 0 Å². The molecule has 0 radical (unpaired) electrons. The first-order chi connectivity index (χ1) is 59.4. The van der Waals surface area contributed by atoms with Crippen molar-refractivity contribution in [1.29, 1.82) is 0 Å². The number of aryl methyl sites for hydroxylation is 3. The normalized spacial score (nSPS) is 12.1. The van der Waals surface area contributed by atoms with Gasteiger partial charge in [0.1, 0.15) is 0 Å². The zero-order chi connectivity index (χ0) is 79.1. The minimum atomic E-state index is 1.18. The zero-order valence-corrected chi connectivity index (χ0v) is 66.1. The van der Waals surface area contributed by atoms with E-state index in [2.05, 4.69) is 463 Å². The summed E-state index contributed by atoms with van der Waals surface area (Å²) in [5, 5.41) is 22.9. The Morgan fingerprint density at radius 1 is 0.133 bits per heavy atom. The lowest BCUT2D eigenvalue weighted by Crippen LogP contribution is -2.02. The smallest absolute Gasteiger partial charge is 0.0783 e. The highest BCUT2D eigenvalue weighted by Gasteiger charge is 2.26. The van der Waals surface area contributed by atoms with Crippen molar-refractivity contribution in [2.45, 2.75) is 0 Å². The van der Waals surface area contributed by atoms with E-state index in [4.69, 9.17) is 0 Å². The minimum Gasteiger partial charge on any atom is -0.344 e. The van der Waals surface area contributed by atoms with Gasteiger partial charge in [0, 0.05) is 141 Å². The highest BCUT2D eigenvalue weighted by molar-refractivity contribution is 6.22. The van der Waals surface area contributed by atoms with Crippen LogP contribution in [0.15, 0.2) is 400 Å². The van der Waals surface area contributed by atoms with Crippen LogP contribution in [0.25, 0.3) is 230 Å². The summed E-state index contributed by atoms with van der Waals surface area (Å²) < 4.78 is 21.7. The van der Waals surface area contributed by atoms with E-state index in [9.17, 15) is 0 Å². The standard InChI is InChI=1S/3C37H25N3/c1-38-30-18-6-2-14-26(30)28-16-10-22-34(36(28)38)40-33-21-9-5-15-27(33)29-17-11-23-35(37(29)40)39-31-19-7-3-12-24(31)25-13-4-8-20-32(25)39;1-38-33-21-11-22-34(39-29-17-6-2-12-24(29)25-13-3-7-18-30(25)39)36(33)28-16-10-23-35(37(28)38)40-31-19-8-4-14-26(31)27-15-5-9-20-32(27)40;1-38-32-21-19-24(39-33-14-6-2-10-26(33)27-11-3-7-15-34(27)39)22-31(32)30-20-18-25(23-37(30)38)40-35-16-8-4-12-28(35)29-13-5-9-17-36(29)40/h3*2-23H,1H3.